The second-order valence-corrected chi connectivity index (χ2v) is 6.60. The second-order valence-electron chi connectivity index (χ2n) is 6.60. The van der Waals surface area contributed by atoms with E-state index in [-0.39, 0.29) is 5.60 Å². The van der Waals surface area contributed by atoms with Gasteiger partial charge in [0.05, 0.1) is 5.60 Å². The van der Waals surface area contributed by atoms with Crippen LogP contribution in [0.15, 0.2) is 0 Å². The van der Waals surface area contributed by atoms with Crippen LogP contribution >= 0.6 is 0 Å². The third kappa shape index (κ3) is 6.58. The van der Waals surface area contributed by atoms with Crippen molar-refractivity contribution in [3.8, 4) is 0 Å². The molecule has 1 saturated carbocycles. The lowest BCUT2D eigenvalue weighted by Crippen LogP contribution is -2.46. The number of nitrogens with one attached hydrogen (secondary N) is 1. The molecule has 0 spiro atoms. The summed E-state index contributed by atoms with van der Waals surface area (Å²) in [5, 5.41) is 3.53. The highest BCUT2D eigenvalue weighted by molar-refractivity contribution is 4.89. The Morgan fingerprint density at radius 3 is 2.35 bits per heavy atom. The Bertz CT molecular complexity index is 221. The van der Waals surface area contributed by atoms with Crippen molar-refractivity contribution in [2.24, 2.45) is 5.92 Å². The quantitative estimate of drug-likeness (QED) is 0.543. The van der Waals surface area contributed by atoms with E-state index in [1.54, 1.807) is 0 Å². The zero-order chi connectivity index (χ0) is 14.7. The lowest BCUT2D eigenvalue weighted by Gasteiger charge is -2.40. The molecule has 1 fully saturated rings. The predicted octanol–water partition coefficient (Wildman–Crippen LogP) is 4.92. The number of likely N-dealkylation sites (N-methyl/N-ethyl adjacent to an activating group) is 1. The van der Waals surface area contributed by atoms with Crippen LogP contribution in [0.25, 0.3) is 0 Å². The van der Waals surface area contributed by atoms with Crippen molar-refractivity contribution in [3.63, 3.8) is 0 Å². The van der Waals surface area contributed by atoms with Gasteiger partial charge in [0.1, 0.15) is 0 Å². The highest BCUT2D eigenvalue weighted by Gasteiger charge is 2.35. The fourth-order valence-corrected chi connectivity index (χ4v) is 3.44. The lowest BCUT2D eigenvalue weighted by molar-refractivity contribution is -0.0778. The summed E-state index contributed by atoms with van der Waals surface area (Å²) in [5.41, 5.74) is 0.145. The Labute approximate surface area is 127 Å². The first-order valence-corrected chi connectivity index (χ1v) is 9.11. The topological polar surface area (TPSA) is 21.3 Å². The van der Waals surface area contributed by atoms with Gasteiger partial charge in [0, 0.05) is 13.2 Å². The van der Waals surface area contributed by atoms with Gasteiger partial charge < -0.3 is 10.1 Å². The van der Waals surface area contributed by atoms with Gasteiger partial charge in [0.15, 0.2) is 0 Å². The van der Waals surface area contributed by atoms with E-state index < -0.39 is 0 Å². The van der Waals surface area contributed by atoms with Crippen LogP contribution in [0, 0.1) is 5.92 Å². The molecule has 0 amide bonds. The molecule has 1 rings (SSSR count). The Morgan fingerprint density at radius 1 is 1.00 bits per heavy atom. The van der Waals surface area contributed by atoms with Crippen molar-refractivity contribution < 1.29 is 4.74 Å². The van der Waals surface area contributed by atoms with Crippen LogP contribution in [0.5, 0.6) is 0 Å². The molecule has 0 saturated heterocycles. The van der Waals surface area contributed by atoms with E-state index in [1.165, 1.54) is 64.2 Å². The highest BCUT2D eigenvalue weighted by atomic mass is 16.5. The maximum atomic E-state index is 6.38. The molecular weight excluding hydrogens is 246 g/mol. The first-order chi connectivity index (χ1) is 9.76. The van der Waals surface area contributed by atoms with Crippen LogP contribution in [0.3, 0.4) is 0 Å². The van der Waals surface area contributed by atoms with Crippen LogP contribution < -0.4 is 5.32 Å². The van der Waals surface area contributed by atoms with Crippen LogP contribution in [0.4, 0.5) is 0 Å². The summed E-state index contributed by atoms with van der Waals surface area (Å²) in [4.78, 5) is 0. The predicted molar refractivity (Wildman–Crippen MR) is 88.2 cm³/mol. The minimum Gasteiger partial charge on any atom is -0.374 e. The zero-order valence-electron chi connectivity index (χ0n) is 14.2. The summed E-state index contributed by atoms with van der Waals surface area (Å²) >= 11 is 0. The SMILES string of the molecule is CCCCCCOC1(CNCC)CCC(CCC)CC1. The average molecular weight is 284 g/mol. The molecule has 1 N–H and O–H groups in total. The van der Waals surface area contributed by atoms with Crippen molar-refractivity contribution in [1.82, 2.24) is 5.32 Å². The third-order valence-corrected chi connectivity index (χ3v) is 4.82. The standard InChI is InChI=1S/C18H37NO/c1-4-7-8-9-15-20-18(16-19-6-3)13-11-17(10-5-2)12-14-18/h17,19H,4-16H2,1-3H3. The molecule has 0 heterocycles. The smallest absolute Gasteiger partial charge is 0.0806 e. The first-order valence-electron chi connectivity index (χ1n) is 9.11. The minimum atomic E-state index is 0.145. The third-order valence-electron chi connectivity index (χ3n) is 4.82. The first kappa shape index (κ1) is 18.0. The van der Waals surface area contributed by atoms with E-state index in [1.807, 2.05) is 0 Å². The van der Waals surface area contributed by atoms with E-state index in [0.717, 1.165) is 25.6 Å². The van der Waals surface area contributed by atoms with Crippen LogP contribution in [-0.2, 0) is 4.74 Å². The second kappa shape index (κ2) is 10.6. The number of ether oxygens (including phenoxy) is 1. The Balaban J connectivity index is 2.34. The molecule has 0 bridgehead atoms. The summed E-state index contributed by atoms with van der Waals surface area (Å²) in [6.45, 7) is 9.84. The van der Waals surface area contributed by atoms with Crippen LogP contribution in [0.2, 0.25) is 0 Å². The molecule has 0 radical (unpaired) electrons. The van der Waals surface area contributed by atoms with Gasteiger partial charge >= 0.3 is 0 Å². The normalized spacial score (nSPS) is 26.9. The van der Waals surface area contributed by atoms with E-state index in [2.05, 4.69) is 26.1 Å². The molecular formula is C18H37NO. The highest BCUT2D eigenvalue weighted by Crippen LogP contribution is 2.36. The van der Waals surface area contributed by atoms with Gasteiger partial charge in [-0.3, -0.25) is 0 Å². The monoisotopic (exact) mass is 283 g/mol. The van der Waals surface area contributed by atoms with Gasteiger partial charge in [0.2, 0.25) is 0 Å². The molecule has 0 aromatic rings. The summed E-state index contributed by atoms with van der Waals surface area (Å²) < 4.78 is 6.38. The van der Waals surface area contributed by atoms with Gasteiger partial charge in [-0.25, -0.2) is 0 Å². The van der Waals surface area contributed by atoms with Gasteiger partial charge in [-0.2, -0.15) is 0 Å². The van der Waals surface area contributed by atoms with Crippen molar-refractivity contribution >= 4 is 0 Å². The molecule has 0 aromatic heterocycles. The molecule has 0 atom stereocenters. The molecule has 2 nitrogen and oxygen atoms in total. The molecule has 0 aromatic carbocycles. The summed E-state index contributed by atoms with van der Waals surface area (Å²) in [6, 6.07) is 0. The minimum absolute atomic E-state index is 0.145. The summed E-state index contributed by atoms with van der Waals surface area (Å²) in [7, 11) is 0. The van der Waals surface area contributed by atoms with Gasteiger partial charge in [-0.1, -0.05) is 52.9 Å². The molecule has 1 aliphatic carbocycles. The van der Waals surface area contributed by atoms with Gasteiger partial charge in [-0.05, 0) is 44.6 Å². The maximum absolute atomic E-state index is 6.38. The Hall–Kier alpha value is -0.0800. The lowest BCUT2D eigenvalue weighted by atomic mass is 9.77. The number of hydrogen-bond acceptors (Lipinski definition) is 2. The largest absolute Gasteiger partial charge is 0.374 e. The molecule has 2 heteroatoms. The fourth-order valence-electron chi connectivity index (χ4n) is 3.44. The van der Waals surface area contributed by atoms with Gasteiger partial charge in [-0.15, -0.1) is 0 Å². The van der Waals surface area contributed by atoms with Gasteiger partial charge in [0.25, 0.3) is 0 Å². The van der Waals surface area contributed by atoms with Crippen molar-refractivity contribution in [2.45, 2.75) is 90.6 Å². The maximum Gasteiger partial charge on any atom is 0.0806 e. The molecule has 0 aliphatic heterocycles. The Morgan fingerprint density at radius 2 is 1.75 bits per heavy atom. The van der Waals surface area contributed by atoms with Crippen molar-refractivity contribution in [3.05, 3.63) is 0 Å². The molecule has 0 unspecified atom stereocenters. The Kier molecular flexibility index (Phi) is 9.54. The molecule has 20 heavy (non-hydrogen) atoms. The molecule has 1 aliphatic rings. The van der Waals surface area contributed by atoms with Crippen molar-refractivity contribution in [2.75, 3.05) is 19.7 Å². The van der Waals surface area contributed by atoms with E-state index >= 15 is 0 Å². The van der Waals surface area contributed by atoms with Crippen LogP contribution in [-0.4, -0.2) is 25.3 Å². The van der Waals surface area contributed by atoms with Crippen LogP contribution in [0.1, 0.15) is 85.0 Å². The van der Waals surface area contributed by atoms with E-state index in [0.29, 0.717) is 0 Å². The molecule has 120 valence electrons. The number of unbranched alkanes of at least 4 members (excludes halogenated alkanes) is 3. The number of rotatable bonds is 11. The van der Waals surface area contributed by atoms with Crippen molar-refractivity contribution in [1.29, 1.82) is 0 Å². The van der Waals surface area contributed by atoms with E-state index in [4.69, 9.17) is 4.74 Å². The average Bonchev–Trinajstić information content (AvgIpc) is 2.48. The fraction of sp³-hybridized carbons (Fsp3) is 1.00. The summed E-state index contributed by atoms with van der Waals surface area (Å²) in [6.07, 6.45) is 13.2. The summed E-state index contributed by atoms with van der Waals surface area (Å²) in [5.74, 6) is 0.957. The van der Waals surface area contributed by atoms with E-state index in [9.17, 15) is 0 Å². The zero-order valence-corrected chi connectivity index (χ0v) is 14.2. The number of hydrogen-bond donors (Lipinski definition) is 1.